The van der Waals surface area contributed by atoms with Crippen LogP contribution in [0.3, 0.4) is 0 Å². The molecule has 0 unspecified atom stereocenters. The fourth-order valence-electron chi connectivity index (χ4n) is 3.85. The summed E-state index contributed by atoms with van der Waals surface area (Å²) in [5.74, 6) is 1.15. The van der Waals surface area contributed by atoms with E-state index in [0.717, 1.165) is 17.9 Å². The maximum atomic E-state index is 12.9. The van der Waals surface area contributed by atoms with E-state index in [-0.39, 0.29) is 5.56 Å². The number of hydrogen-bond acceptors (Lipinski definition) is 2. The van der Waals surface area contributed by atoms with Crippen molar-refractivity contribution in [3.8, 4) is 5.69 Å². The lowest BCUT2D eigenvalue weighted by atomic mass is 10.1. The van der Waals surface area contributed by atoms with Gasteiger partial charge < -0.3 is 5.32 Å². The highest BCUT2D eigenvalue weighted by atomic mass is 16.1. The number of nitrogens with zero attached hydrogens (tertiary/aromatic N) is 2. The van der Waals surface area contributed by atoms with Crippen LogP contribution in [0.1, 0.15) is 33.4 Å². The third-order valence-corrected chi connectivity index (χ3v) is 5.71. The fourth-order valence-corrected chi connectivity index (χ4v) is 3.85. The first-order valence-electron chi connectivity index (χ1n) is 8.98. The Kier molecular flexibility index (Phi) is 4.40. The third-order valence-electron chi connectivity index (χ3n) is 5.71. The average Bonchev–Trinajstić information content (AvgIpc) is 2.98. The Bertz CT molecular complexity index is 851. The second-order valence-electron chi connectivity index (χ2n) is 8.02. The topological polar surface area (TPSA) is 39.0 Å². The minimum Gasteiger partial charge on any atom is -0.379 e. The van der Waals surface area contributed by atoms with Gasteiger partial charge >= 0.3 is 0 Å². The van der Waals surface area contributed by atoms with E-state index in [9.17, 15) is 4.79 Å². The van der Waals surface area contributed by atoms with Gasteiger partial charge in [-0.1, -0.05) is 43.7 Å². The van der Waals surface area contributed by atoms with Crippen LogP contribution in [0, 0.1) is 24.2 Å². The molecule has 0 bridgehead atoms. The third kappa shape index (κ3) is 3.06. The highest BCUT2D eigenvalue weighted by Crippen LogP contribution is 2.59. The van der Waals surface area contributed by atoms with E-state index < -0.39 is 0 Å². The molecule has 2 aromatic rings. The summed E-state index contributed by atoms with van der Waals surface area (Å²) in [5.41, 5.74) is 4.24. The van der Waals surface area contributed by atoms with Gasteiger partial charge in [-0.3, -0.25) is 9.48 Å². The van der Waals surface area contributed by atoms with Gasteiger partial charge in [-0.15, -0.1) is 0 Å². The van der Waals surface area contributed by atoms with Crippen molar-refractivity contribution >= 4 is 5.69 Å². The molecule has 1 aliphatic rings. The lowest BCUT2D eigenvalue weighted by molar-refractivity contribution is 0.561. The van der Waals surface area contributed by atoms with Crippen molar-refractivity contribution in [1.82, 2.24) is 9.36 Å². The van der Waals surface area contributed by atoms with Gasteiger partial charge in [-0.05, 0) is 50.2 Å². The zero-order valence-electron chi connectivity index (χ0n) is 16.1. The highest BCUT2D eigenvalue weighted by molar-refractivity contribution is 5.49. The molecule has 0 spiro atoms. The first kappa shape index (κ1) is 17.6. The lowest BCUT2D eigenvalue weighted by Gasteiger charge is -2.07. The second kappa shape index (κ2) is 6.25. The number of allylic oxidation sites excluding steroid dienone is 2. The molecule has 0 amide bonds. The van der Waals surface area contributed by atoms with Gasteiger partial charge in [0.1, 0.15) is 5.69 Å². The first-order chi connectivity index (χ1) is 11.7. The number of para-hydroxylation sites is 1. The van der Waals surface area contributed by atoms with Crippen LogP contribution < -0.4 is 10.9 Å². The quantitative estimate of drug-likeness (QED) is 0.832. The van der Waals surface area contributed by atoms with E-state index in [4.69, 9.17) is 0 Å². The van der Waals surface area contributed by atoms with Crippen molar-refractivity contribution in [2.24, 2.45) is 24.3 Å². The van der Waals surface area contributed by atoms with E-state index in [1.807, 2.05) is 49.0 Å². The molecule has 25 heavy (non-hydrogen) atoms. The zero-order valence-corrected chi connectivity index (χ0v) is 16.1. The Morgan fingerprint density at radius 1 is 1.24 bits per heavy atom. The molecule has 134 valence electrons. The number of rotatable bonds is 5. The van der Waals surface area contributed by atoms with Crippen molar-refractivity contribution < 1.29 is 0 Å². The van der Waals surface area contributed by atoms with Crippen molar-refractivity contribution in [3.05, 3.63) is 58.0 Å². The Hall–Kier alpha value is -2.23. The molecule has 3 rings (SSSR count). The number of benzene rings is 1. The lowest BCUT2D eigenvalue weighted by Crippen LogP contribution is -2.21. The SMILES string of the molecule is CC(C)=C[C@H]1[C@H](CNc2c(C)n(C)n(-c3ccccc3)c2=O)C1(C)C. The minimum atomic E-state index is 0.0171. The molecule has 1 N–H and O–H groups in total. The van der Waals surface area contributed by atoms with Gasteiger partial charge in [0.2, 0.25) is 0 Å². The number of aromatic nitrogens is 2. The maximum absolute atomic E-state index is 12.9. The Labute approximate surface area is 150 Å². The summed E-state index contributed by atoms with van der Waals surface area (Å²) in [7, 11) is 1.93. The van der Waals surface area contributed by atoms with Gasteiger partial charge in [-0.2, -0.15) is 0 Å². The van der Waals surface area contributed by atoms with Gasteiger partial charge in [0.05, 0.1) is 11.4 Å². The molecule has 1 saturated carbocycles. The predicted octanol–water partition coefficient (Wildman–Crippen LogP) is 4.13. The summed E-state index contributed by atoms with van der Waals surface area (Å²) in [6, 6.07) is 9.78. The standard InChI is InChI=1S/C21H29N3O/c1-14(2)12-17-18(21(17,4)5)13-22-19-15(3)23(6)24(20(19)25)16-10-8-7-9-11-16/h7-12,17-18,22H,13H2,1-6H3/t17-,18-/m0/s1. The van der Waals surface area contributed by atoms with E-state index in [2.05, 4.69) is 39.1 Å². The number of hydrogen-bond donors (Lipinski definition) is 1. The molecule has 1 aromatic heterocycles. The van der Waals surface area contributed by atoms with Crippen molar-refractivity contribution in [3.63, 3.8) is 0 Å². The van der Waals surface area contributed by atoms with Crippen molar-refractivity contribution in [1.29, 1.82) is 0 Å². The molecule has 0 radical (unpaired) electrons. The fraction of sp³-hybridized carbons (Fsp3) is 0.476. The summed E-state index contributed by atoms with van der Waals surface area (Å²) in [6.07, 6.45) is 2.37. The molecule has 1 fully saturated rings. The number of nitrogens with one attached hydrogen (secondary N) is 1. The Balaban J connectivity index is 1.84. The molecule has 4 heteroatoms. The summed E-state index contributed by atoms with van der Waals surface area (Å²) in [6.45, 7) is 11.7. The van der Waals surface area contributed by atoms with Crippen LogP contribution in [-0.4, -0.2) is 15.9 Å². The number of anilines is 1. The predicted molar refractivity (Wildman–Crippen MR) is 104 cm³/mol. The summed E-state index contributed by atoms with van der Waals surface area (Å²) in [5, 5.41) is 3.45. The maximum Gasteiger partial charge on any atom is 0.295 e. The Morgan fingerprint density at radius 2 is 1.88 bits per heavy atom. The molecule has 1 heterocycles. The monoisotopic (exact) mass is 339 g/mol. The molecule has 1 aliphatic carbocycles. The average molecular weight is 339 g/mol. The second-order valence-corrected chi connectivity index (χ2v) is 8.02. The van der Waals surface area contributed by atoms with Gasteiger partial charge in [0.15, 0.2) is 0 Å². The van der Waals surface area contributed by atoms with Crippen LogP contribution in [0.25, 0.3) is 5.69 Å². The molecule has 0 saturated heterocycles. The largest absolute Gasteiger partial charge is 0.379 e. The zero-order chi connectivity index (χ0) is 18.4. The van der Waals surface area contributed by atoms with Crippen molar-refractivity contribution in [2.75, 3.05) is 11.9 Å². The molecule has 0 aliphatic heterocycles. The van der Waals surface area contributed by atoms with Gasteiger partial charge in [0, 0.05) is 13.6 Å². The Morgan fingerprint density at radius 3 is 2.48 bits per heavy atom. The van der Waals surface area contributed by atoms with Crippen LogP contribution >= 0.6 is 0 Å². The summed E-state index contributed by atoms with van der Waals surface area (Å²) >= 11 is 0. The normalized spacial score (nSPS) is 21.0. The summed E-state index contributed by atoms with van der Waals surface area (Å²) in [4.78, 5) is 12.9. The smallest absolute Gasteiger partial charge is 0.295 e. The minimum absolute atomic E-state index is 0.0171. The van der Waals surface area contributed by atoms with E-state index in [1.54, 1.807) is 4.68 Å². The molecular formula is C21H29N3O. The van der Waals surface area contributed by atoms with Crippen molar-refractivity contribution in [2.45, 2.75) is 34.6 Å². The first-order valence-corrected chi connectivity index (χ1v) is 8.98. The molecular weight excluding hydrogens is 310 g/mol. The van der Waals surface area contributed by atoms with E-state index in [0.29, 0.717) is 22.9 Å². The van der Waals surface area contributed by atoms with Gasteiger partial charge in [0.25, 0.3) is 5.56 Å². The van der Waals surface area contributed by atoms with Crippen LogP contribution in [0.15, 0.2) is 46.8 Å². The van der Waals surface area contributed by atoms with E-state index in [1.165, 1.54) is 5.57 Å². The molecule has 1 aromatic carbocycles. The summed E-state index contributed by atoms with van der Waals surface area (Å²) < 4.78 is 3.65. The molecule has 4 nitrogen and oxygen atoms in total. The van der Waals surface area contributed by atoms with Crippen LogP contribution in [-0.2, 0) is 7.05 Å². The van der Waals surface area contributed by atoms with Crippen LogP contribution in [0.2, 0.25) is 0 Å². The van der Waals surface area contributed by atoms with Crippen LogP contribution in [0.4, 0.5) is 5.69 Å². The van der Waals surface area contributed by atoms with E-state index >= 15 is 0 Å². The van der Waals surface area contributed by atoms with Crippen LogP contribution in [0.5, 0.6) is 0 Å². The van der Waals surface area contributed by atoms with Gasteiger partial charge in [-0.25, -0.2) is 4.68 Å². The highest BCUT2D eigenvalue weighted by Gasteiger charge is 2.55. The molecule has 2 atom stereocenters.